The Morgan fingerprint density at radius 1 is 0.794 bits per heavy atom. The third kappa shape index (κ3) is 3.59. The number of rotatable bonds is 4. The number of hydrogen-bond acceptors (Lipinski definition) is 4. The van der Waals surface area contributed by atoms with Crippen LogP contribution in [0.5, 0.6) is 0 Å². The molecule has 0 N–H and O–H groups in total. The van der Waals surface area contributed by atoms with Gasteiger partial charge < -0.3 is 9.31 Å². The van der Waals surface area contributed by atoms with Crippen LogP contribution in [-0.4, -0.2) is 30.7 Å². The van der Waals surface area contributed by atoms with Gasteiger partial charge in [-0.2, -0.15) is 0 Å². The fourth-order valence-corrected chi connectivity index (χ4v) is 5.89. The van der Waals surface area contributed by atoms with Crippen LogP contribution in [0.3, 0.4) is 0 Å². The van der Waals surface area contributed by atoms with Crippen molar-refractivity contribution in [2.24, 2.45) is 0 Å². The van der Waals surface area contributed by atoms with Gasteiger partial charge >= 0.3 is 7.12 Å². The summed E-state index contributed by atoms with van der Waals surface area (Å²) < 4.78 is 41.6. The lowest BCUT2D eigenvalue weighted by Gasteiger charge is -2.32. The Kier molecular flexibility index (Phi) is 5.28. The Morgan fingerprint density at radius 3 is 2.06 bits per heavy atom. The molecule has 1 aliphatic heterocycles. The first-order valence-corrected chi connectivity index (χ1v) is 12.8. The smallest absolute Gasteiger partial charge is 0.399 e. The molecule has 1 saturated heterocycles. The predicted molar refractivity (Wildman–Crippen MR) is 137 cm³/mol. The molecule has 0 atom stereocenters. The normalized spacial score (nSPS) is 17.4. The zero-order valence-electron chi connectivity index (χ0n) is 20.1. The summed E-state index contributed by atoms with van der Waals surface area (Å²) in [5.41, 5.74) is 3.06. The average Bonchev–Trinajstić information content (AvgIpc) is 3.28. The molecule has 0 saturated carbocycles. The molecule has 174 valence electrons. The minimum Gasteiger partial charge on any atom is -0.399 e. The Morgan fingerprint density at radius 2 is 1.41 bits per heavy atom. The first-order chi connectivity index (χ1) is 16.0. The van der Waals surface area contributed by atoms with E-state index in [-0.39, 0.29) is 4.90 Å². The first kappa shape index (κ1) is 22.9. The molecule has 1 aliphatic rings. The average molecular weight is 473 g/mol. The number of aryl methyl sites for hydroxylation is 1. The Balaban J connectivity index is 1.72. The highest BCUT2D eigenvalue weighted by atomic mass is 32.2. The van der Waals surface area contributed by atoms with Gasteiger partial charge in [0.1, 0.15) is 0 Å². The SMILES string of the molecule is Cc1ccccc1-c1cc2cc(B3OC(C)(C)C(C)(C)O3)ccc2n1S(=O)(=O)c1ccccc1. The molecule has 5 nitrogen and oxygen atoms in total. The van der Waals surface area contributed by atoms with Gasteiger partial charge in [0.2, 0.25) is 0 Å². The van der Waals surface area contributed by atoms with Crippen LogP contribution in [0, 0.1) is 6.92 Å². The van der Waals surface area contributed by atoms with Crippen LogP contribution < -0.4 is 5.46 Å². The van der Waals surface area contributed by atoms with Gasteiger partial charge in [-0.15, -0.1) is 0 Å². The number of aromatic nitrogens is 1. The van der Waals surface area contributed by atoms with E-state index in [4.69, 9.17) is 9.31 Å². The van der Waals surface area contributed by atoms with E-state index in [1.807, 2.05) is 89.2 Å². The van der Waals surface area contributed by atoms with Gasteiger partial charge in [-0.3, -0.25) is 0 Å². The van der Waals surface area contributed by atoms with Crippen LogP contribution in [0.2, 0.25) is 0 Å². The first-order valence-electron chi connectivity index (χ1n) is 11.4. The molecule has 0 amide bonds. The maximum Gasteiger partial charge on any atom is 0.494 e. The highest BCUT2D eigenvalue weighted by Gasteiger charge is 2.51. The maximum atomic E-state index is 13.8. The van der Waals surface area contributed by atoms with Crippen molar-refractivity contribution in [1.29, 1.82) is 0 Å². The van der Waals surface area contributed by atoms with E-state index in [0.717, 1.165) is 22.0 Å². The minimum atomic E-state index is -3.83. The fourth-order valence-electron chi connectivity index (χ4n) is 4.34. The second-order valence-corrected chi connectivity index (χ2v) is 11.6. The van der Waals surface area contributed by atoms with Gasteiger partial charge in [-0.25, -0.2) is 12.4 Å². The van der Waals surface area contributed by atoms with Gasteiger partial charge in [0.15, 0.2) is 0 Å². The van der Waals surface area contributed by atoms with Crippen molar-refractivity contribution in [3.63, 3.8) is 0 Å². The van der Waals surface area contributed by atoms with Crippen molar-refractivity contribution >= 4 is 33.5 Å². The third-order valence-electron chi connectivity index (χ3n) is 7.01. The lowest BCUT2D eigenvalue weighted by molar-refractivity contribution is 0.00578. The van der Waals surface area contributed by atoms with E-state index < -0.39 is 28.3 Å². The summed E-state index contributed by atoms with van der Waals surface area (Å²) in [5.74, 6) is 0. The highest BCUT2D eigenvalue weighted by Crippen LogP contribution is 2.37. The minimum absolute atomic E-state index is 0.248. The van der Waals surface area contributed by atoms with Crippen molar-refractivity contribution in [3.05, 3.63) is 84.4 Å². The van der Waals surface area contributed by atoms with Crippen LogP contribution >= 0.6 is 0 Å². The lowest BCUT2D eigenvalue weighted by Crippen LogP contribution is -2.41. The van der Waals surface area contributed by atoms with Gasteiger partial charge in [0.05, 0.1) is 27.3 Å². The summed E-state index contributed by atoms with van der Waals surface area (Å²) in [7, 11) is -4.36. The van der Waals surface area contributed by atoms with E-state index in [1.54, 1.807) is 24.3 Å². The topological polar surface area (TPSA) is 57.5 Å². The van der Waals surface area contributed by atoms with Gasteiger partial charge in [-0.1, -0.05) is 54.6 Å². The molecule has 0 spiro atoms. The van der Waals surface area contributed by atoms with Crippen LogP contribution in [0.1, 0.15) is 33.3 Å². The van der Waals surface area contributed by atoms with Gasteiger partial charge in [-0.05, 0) is 69.9 Å². The van der Waals surface area contributed by atoms with Crippen LogP contribution in [-0.2, 0) is 19.3 Å². The lowest BCUT2D eigenvalue weighted by atomic mass is 9.78. The summed E-state index contributed by atoms with van der Waals surface area (Å²) in [4.78, 5) is 0.248. The molecule has 5 rings (SSSR count). The van der Waals surface area contributed by atoms with E-state index in [1.165, 1.54) is 3.97 Å². The van der Waals surface area contributed by atoms with E-state index in [0.29, 0.717) is 11.2 Å². The second kappa shape index (κ2) is 7.84. The molecule has 0 unspecified atom stereocenters. The van der Waals surface area contributed by atoms with E-state index in [2.05, 4.69) is 0 Å². The van der Waals surface area contributed by atoms with Gasteiger partial charge in [0, 0.05) is 10.9 Å². The number of benzene rings is 3. The maximum absolute atomic E-state index is 13.8. The van der Waals surface area contributed by atoms with Crippen molar-refractivity contribution in [2.75, 3.05) is 0 Å². The van der Waals surface area contributed by atoms with Crippen LogP contribution in [0.4, 0.5) is 0 Å². The summed E-state index contributed by atoms with van der Waals surface area (Å²) >= 11 is 0. The molecule has 2 heterocycles. The van der Waals surface area contributed by atoms with Crippen molar-refractivity contribution in [3.8, 4) is 11.3 Å². The van der Waals surface area contributed by atoms with Crippen molar-refractivity contribution in [2.45, 2.75) is 50.7 Å². The van der Waals surface area contributed by atoms with E-state index in [9.17, 15) is 8.42 Å². The molecule has 1 aromatic heterocycles. The molecule has 1 fully saturated rings. The summed E-state index contributed by atoms with van der Waals surface area (Å²) in [6.07, 6.45) is 0. The number of nitrogens with zero attached hydrogens (tertiary/aromatic N) is 1. The third-order valence-corrected chi connectivity index (χ3v) is 8.75. The highest BCUT2D eigenvalue weighted by molar-refractivity contribution is 7.90. The molecule has 4 aromatic rings. The zero-order valence-corrected chi connectivity index (χ0v) is 20.9. The monoisotopic (exact) mass is 473 g/mol. The van der Waals surface area contributed by atoms with E-state index >= 15 is 0 Å². The fraction of sp³-hybridized carbons (Fsp3) is 0.259. The van der Waals surface area contributed by atoms with Crippen molar-refractivity contribution < 1.29 is 17.7 Å². The molecule has 7 heteroatoms. The summed E-state index contributed by atoms with van der Waals surface area (Å²) in [5, 5.41) is 0.810. The molecule has 3 aromatic carbocycles. The number of hydrogen-bond donors (Lipinski definition) is 0. The predicted octanol–water partition coefficient (Wildman–Crippen LogP) is 5.15. The molecule has 0 radical (unpaired) electrons. The number of fused-ring (bicyclic) bond motifs is 1. The molecular weight excluding hydrogens is 445 g/mol. The summed E-state index contributed by atoms with van der Waals surface area (Å²) in [6, 6.07) is 24.0. The second-order valence-electron chi connectivity index (χ2n) is 9.83. The molecular formula is C27H28BNO4S. The Bertz CT molecular complexity index is 1470. The zero-order chi connectivity index (χ0) is 24.3. The molecule has 0 bridgehead atoms. The Hall–Kier alpha value is -2.87. The standard InChI is InChI=1S/C27H28BNO4S/c1-19-11-9-10-14-23(19)25-18-20-17-21(28-32-26(2,3)27(4,5)33-28)15-16-24(20)29(25)34(30,31)22-12-7-6-8-13-22/h6-18H,1-5H3. The quantitative estimate of drug-likeness (QED) is 0.385. The largest absolute Gasteiger partial charge is 0.494 e. The summed E-state index contributed by atoms with van der Waals surface area (Å²) in [6.45, 7) is 10.1. The van der Waals surface area contributed by atoms with Crippen molar-refractivity contribution in [1.82, 2.24) is 3.97 Å². The molecule has 34 heavy (non-hydrogen) atoms. The van der Waals surface area contributed by atoms with Crippen LogP contribution in [0.15, 0.2) is 83.8 Å². The van der Waals surface area contributed by atoms with Gasteiger partial charge in [0.25, 0.3) is 10.0 Å². The van der Waals surface area contributed by atoms with Crippen LogP contribution in [0.25, 0.3) is 22.2 Å². The molecule has 0 aliphatic carbocycles. The Labute approximate surface area is 201 Å².